The van der Waals surface area contributed by atoms with Gasteiger partial charge in [-0.3, -0.25) is 9.88 Å². The zero-order valence-corrected chi connectivity index (χ0v) is 9.43. The summed E-state index contributed by atoms with van der Waals surface area (Å²) in [5, 5.41) is 0. The molecule has 1 atom stereocenters. The molecule has 0 N–H and O–H groups in total. The van der Waals surface area contributed by atoms with Crippen LogP contribution in [0.5, 0.6) is 0 Å². The summed E-state index contributed by atoms with van der Waals surface area (Å²) in [6.07, 6.45) is 2.12. The maximum Gasteiger partial charge on any atom is 0.0837 e. The number of thiazole rings is 1. The predicted molar refractivity (Wildman–Crippen MR) is 57.9 cm³/mol. The maximum atomic E-state index is 5.77. The van der Waals surface area contributed by atoms with Crippen LogP contribution in [-0.4, -0.2) is 41.6 Å². The Morgan fingerprint density at radius 1 is 1.71 bits per heavy atom. The van der Waals surface area contributed by atoms with Crippen LogP contribution in [0.15, 0.2) is 11.7 Å². The van der Waals surface area contributed by atoms with E-state index in [0.29, 0.717) is 5.88 Å². The van der Waals surface area contributed by atoms with Crippen LogP contribution in [0.25, 0.3) is 0 Å². The van der Waals surface area contributed by atoms with Crippen molar-refractivity contribution in [3.8, 4) is 0 Å². The minimum absolute atomic E-state index is 0.193. The molecular formula is C9H13ClN2OS. The molecule has 1 aliphatic rings. The molecule has 2 heterocycles. The molecule has 14 heavy (non-hydrogen) atoms. The minimum atomic E-state index is 0.193. The number of hydrogen-bond donors (Lipinski definition) is 0. The van der Waals surface area contributed by atoms with Gasteiger partial charge in [-0.05, 0) is 0 Å². The fourth-order valence-corrected chi connectivity index (χ4v) is 2.38. The first-order valence-electron chi connectivity index (χ1n) is 4.66. The van der Waals surface area contributed by atoms with Crippen LogP contribution in [0.1, 0.15) is 4.88 Å². The Morgan fingerprint density at radius 2 is 2.64 bits per heavy atom. The topological polar surface area (TPSA) is 25.4 Å². The van der Waals surface area contributed by atoms with Crippen LogP contribution < -0.4 is 0 Å². The SMILES string of the molecule is ClCC1CN(Cc2cncs2)CCO1. The molecule has 0 amide bonds. The van der Waals surface area contributed by atoms with Gasteiger partial charge in [-0.25, -0.2) is 0 Å². The third kappa shape index (κ3) is 2.67. The van der Waals surface area contributed by atoms with Crippen molar-refractivity contribution in [2.24, 2.45) is 0 Å². The van der Waals surface area contributed by atoms with Crippen molar-refractivity contribution in [3.63, 3.8) is 0 Å². The minimum Gasteiger partial charge on any atom is -0.374 e. The number of ether oxygens (including phenoxy) is 1. The van der Waals surface area contributed by atoms with Crippen molar-refractivity contribution in [3.05, 3.63) is 16.6 Å². The normalized spacial score (nSPS) is 23.9. The van der Waals surface area contributed by atoms with Crippen LogP contribution >= 0.6 is 22.9 Å². The first-order chi connectivity index (χ1) is 6.88. The van der Waals surface area contributed by atoms with E-state index >= 15 is 0 Å². The molecule has 1 aliphatic heterocycles. The molecule has 0 aromatic carbocycles. The van der Waals surface area contributed by atoms with Crippen LogP contribution in [0, 0.1) is 0 Å². The van der Waals surface area contributed by atoms with Crippen molar-refractivity contribution < 1.29 is 4.74 Å². The summed E-state index contributed by atoms with van der Waals surface area (Å²) in [5.41, 5.74) is 1.87. The standard InChI is InChI=1S/C9H13ClN2OS/c10-3-8-5-12(1-2-13-8)6-9-4-11-7-14-9/h4,7-8H,1-3,5-6H2. The highest BCUT2D eigenvalue weighted by Crippen LogP contribution is 2.13. The number of aromatic nitrogens is 1. The first-order valence-corrected chi connectivity index (χ1v) is 6.07. The van der Waals surface area contributed by atoms with Crippen molar-refractivity contribution in [1.29, 1.82) is 0 Å². The highest BCUT2D eigenvalue weighted by atomic mass is 35.5. The monoisotopic (exact) mass is 232 g/mol. The third-order valence-electron chi connectivity index (χ3n) is 2.26. The van der Waals surface area contributed by atoms with Gasteiger partial charge in [0.2, 0.25) is 0 Å². The molecule has 1 fully saturated rings. The van der Waals surface area contributed by atoms with E-state index in [-0.39, 0.29) is 6.10 Å². The number of halogens is 1. The Morgan fingerprint density at radius 3 is 3.36 bits per heavy atom. The Kier molecular flexibility index (Phi) is 3.75. The average molecular weight is 233 g/mol. The number of morpholine rings is 1. The lowest BCUT2D eigenvalue weighted by Crippen LogP contribution is -2.42. The van der Waals surface area contributed by atoms with Crippen LogP contribution in [0.2, 0.25) is 0 Å². The largest absolute Gasteiger partial charge is 0.374 e. The van der Waals surface area contributed by atoms with Gasteiger partial charge in [0, 0.05) is 36.6 Å². The number of hydrogen-bond acceptors (Lipinski definition) is 4. The molecule has 0 spiro atoms. The summed E-state index contributed by atoms with van der Waals surface area (Å²) in [5.74, 6) is 0.583. The van der Waals surface area contributed by atoms with E-state index < -0.39 is 0 Å². The molecule has 78 valence electrons. The Labute approximate surface area is 92.7 Å². The molecule has 1 saturated heterocycles. The second kappa shape index (κ2) is 5.07. The van der Waals surface area contributed by atoms with Crippen molar-refractivity contribution in [2.75, 3.05) is 25.6 Å². The molecule has 1 aromatic heterocycles. The zero-order valence-electron chi connectivity index (χ0n) is 7.86. The molecule has 3 nitrogen and oxygen atoms in total. The molecule has 0 bridgehead atoms. The van der Waals surface area contributed by atoms with Crippen molar-refractivity contribution in [2.45, 2.75) is 12.6 Å². The second-order valence-electron chi connectivity index (χ2n) is 3.35. The van der Waals surface area contributed by atoms with Gasteiger partial charge in [-0.15, -0.1) is 22.9 Å². The summed E-state index contributed by atoms with van der Waals surface area (Å²) >= 11 is 7.46. The van der Waals surface area contributed by atoms with Gasteiger partial charge in [-0.1, -0.05) is 0 Å². The van der Waals surface area contributed by atoms with E-state index in [1.807, 2.05) is 11.7 Å². The molecule has 2 rings (SSSR count). The van der Waals surface area contributed by atoms with Gasteiger partial charge in [-0.2, -0.15) is 0 Å². The summed E-state index contributed by atoms with van der Waals surface area (Å²) in [4.78, 5) is 7.73. The molecule has 1 aromatic rings. The van der Waals surface area contributed by atoms with Crippen molar-refractivity contribution in [1.82, 2.24) is 9.88 Å². The van der Waals surface area contributed by atoms with E-state index in [2.05, 4.69) is 9.88 Å². The van der Waals surface area contributed by atoms with Crippen LogP contribution in [-0.2, 0) is 11.3 Å². The van der Waals surface area contributed by atoms with Gasteiger partial charge >= 0.3 is 0 Å². The fourth-order valence-electron chi connectivity index (χ4n) is 1.56. The van der Waals surface area contributed by atoms with E-state index in [4.69, 9.17) is 16.3 Å². The maximum absolute atomic E-state index is 5.77. The Hall–Kier alpha value is -0.160. The lowest BCUT2D eigenvalue weighted by Gasteiger charge is -2.31. The second-order valence-corrected chi connectivity index (χ2v) is 4.63. The van der Waals surface area contributed by atoms with Crippen LogP contribution in [0.4, 0.5) is 0 Å². The van der Waals surface area contributed by atoms with Gasteiger partial charge in [0.15, 0.2) is 0 Å². The van der Waals surface area contributed by atoms with Gasteiger partial charge in [0.1, 0.15) is 0 Å². The third-order valence-corrected chi connectivity index (χ3v) is 3.37. The van der Waals surface area contributed by atoms with Gasteiger partial charge < -0.3 is 4.74 Å². The van der Waals surface area contributed by atoms with E-state index in [0.717, 1.165) is 26.2 Å². The highest BCUT2D eigenvalue weighted by molar-refractivity contribution is 7.09. The van der Waals surface area contributed by atoms with E-state index in [1.165, 1.54) is 4.88 Å². The summed E-state index contributed by atoms with van der Waals surface area (Å²) in [7, 11) is 0. The molecule has 0 radical (unpaired) electrons. The number of alkyl halides is 1. The molecule has 5 heteroatoms. The first kappa shape index (κ1) is 10.4. The Bertz CT molecular complexity index is 268. The molecule has 0 aliphatic carbocycles. The van der Waals surface area contributed by atoms with Gasteiger partial charge in [0.05, 0.1) is 18.2 Å². The zero-order chi connectivity index (χ0) is 9.80. The lowest BCUT2D eigenvalue weighted by molar-refractivity contribution is -0.0190. The van der Waals surface area contributed by atoms with Gasteiger partial charge in [0.25, 0.3) is 0 Å². The smallest absolute Gasteiger partial charge is 0.0837 e. The van der Waals surface area contributed by atoms with Crippen LogP contribution in [0.3, 0.4) is 0 Å². The van der Waals surface area contributed by atoms with Crippen molar-refractivity contribution >= 4 is 22.9 Å². The molecule has 1 unspecified atom stereocenters. The number of rotatable bonds is 3. The lowest BCUT2D eigenvalue weighted by atomic mass is 10.3. The Balaban J connectivity index is 1.86. The highest BCUT2D eigenvalue weighted by Gasteiger charge is 2.19. The summed E-state index contributed by atoms with van der Waals surface area (Å²) in [6.45, 7) is 3.68. The van der Waals surface area contributed by atoms with E-state index in [9.17, 15) is 0 Å². The number of nitrogens with zero attached hydrogens (tertiary/aromatic N) is 2. The summed E-state index contributed by atoms with van der Waals surface area (Å²) in [6, 6.07) is 0. The molecule has 0 saturated carbocycles. The quantitative estimate of drug-likeness (QED) is 0.740. The predicted octanol–water partition coefficient (Wildman–Crippen LogP) is 1.58. The van der Waals surface area contributed by atoms with E-state index in [1.54, 1.807) is 11.3 Å². The average Bonchev–Trinajstić information content (AvgIpc) is 2.71. The molecular weight excluding hydrogens is 220 g/mol. The summed E-state index contributed by atoms with van der Waals surface area (Å²) < 4.78 is 5.49. The fraction of sp³-hybridized carbons (Fsp3) is 0.667.